The van der Waals surface area contributed by atoms with E-state index in [4.69, 9.17) is 0 Å². The molecular formula is C17H23F2N5OS. The lowest BCUT2D eigenvalue weighted by Crippen LogP contribution is -2.31. The van der Waals surface area contributed by atoms with Gasteiger partial charge in [0.25, 0.3) is 0 Å². The first kappa shape index (κ1) is 20.0. The van der Waals surface area contributed by atoms with Crippen LogP contribution >= 0.6 is 11.3 Å². The van der Waals surface area contributed by atoms with Gasteiger partial charge < -0.3 is 10.2 Å². The van der Waals surface area contributed by atoms with Gasteiger partial charge in [0.1, 0.15) is 11.6 Å². The number of rotatable bonds is 7. The van der Waals surface area contributed by atoms with Gasteiger partial charge in [0, 0.05) is 19.2 Å². The average molecular weight is 383 g/mol. The number of urea groups is 1. The molecule has 2 aromatic rings. The van der Waals surface area contributed by atoms with E-state index in [1.54, 1.807) is 0 Å². The number of nitrogens with zero attached hydrogens (tertiary/aromatic N) is 3. The summed E-state index contributed by atoms with van der Waals surface area (Å²) in [6, 6.07) is 2.13. The summed E-state index contributed by atoms with van der Waals surface area (Å²) < 4.78 is 26.7. The molecular weight excluding hydrogens is 360 g/mol. The summed E-state index contributed by atoms with van der Waals surface area (Å²) in [4.78, 5) is 14.1. The Balaban J connectivity index is 2.04. The van der Waals surface area contributed by atoms with Crippen LogP contribution in [0.2, 0.25) is 0 Å². The van der Waals surface area contributed by atoms with Gasteiger partial charge >= 0.3 is 6.03 Å². The van der Waals surface area contributed by atoms with E-state index in [1.807, 2.05) is 0 Å². The van der Waals surface area contributed by atoms with Crippen molar-refractivity contribution < 1.29 is 13.6 Å². The van der Waals surface area contributed by atoms with Crippen molar-refractivity contribution in [3.63, 3.8) is 0 Å². The number of aromatic nitrogens is 2. The molecule has 0 aliphatic rings. The smallest absolute Gasteiger partial charge is 0.325 e. The van der Waals surface area contributed by atoms with Crippen molar-refractivity contribution in [1.82, 2.24) is 10.2 Å². The molecule has 0 aliphatic carbocycles. The monoisotopic (exact) mass is 383 g/mol. The molecule has 0 bridgehead atoms. The molecule has 142 valence electrons. The lowest BCUT2D eigenvalue weighted by atomic mass is 10.1. The maximum atomic E-state index is 13.6. The molecule has 0 atom stereocenters. The Morgan fingerprint density at radius 1 is 1.12 bits per heavy atom. The number of anilines is 3. The molecule has 1 heterocycles. The Labute approximate surface area is 155 Å². The van der Waals surface area contributed by atoms with E-state index >= 15 is 0 Å². The first-order chi connectivity index (χ1) is 12.2. The van der Waals surface area contributed by atoms with Gasteiger partial charge in [-0.1, -0.05) is 39.0 Å². The van der Waals surface area contributed by atoms with Gasteiger partial charge in [0.15, 0.2) is 0 Å². The number of nitrogens with one attached hydrogen (secondary N) is 2. The van der Waals surface area contributed by atoms with Gasteiger partial charge in [-0.3, -0.25) is 5.32 Å². The van der Waals surface area contributed by atoms with Crippen molar-refractivity contribution >= 4 is 33.3 Å². The number of benzene rings is 1. The second-order valence-corrected chi connectivity index (χ2v) is 7.74. The van der Waals surface area contributed by atoms with Crippen LogP contribution in [0.1, 0.15) is 27.7 Å². The minimum Gasteiger partial charge on any atom is -0.346 e. The third kappa shape index (κ3) is 5.91. The molecule has 1 aromatic heterocycles. The van der Waals surface area contributed by atoms with Crippen LogP contribution in [-0.2, 0) is 0 Å². The zero-order valence-electron chi connectivity index (χ0n) is 15.2. The van der Waals surface area contributed by atoms with Crippen LogP contribution in [0.3, 0.4) is 0 Å². The fourth-order valence-corrected chi connectivity index (χ4v) is 3.11. The molecule has 0 spiro atoms. The van der Waals surface area contributed by atoms with E-state index < -0.39 is 17.7 Å². The molecule has 0 saturated heterocycles. The van der Waals surface area contributed by atoms with Crippen LogP contribution in [0, 0.1) is 23.5 Å². The summed E-state index contributed by atoms with van der Waals surface area (Å²) in [5.41, 5.74) is -0.242. The molecule has 0 aliphatic heterocycles. The number of amides is 2. The summed E-state index contributed by atoms with van der Waals surface area (Å²) in [6.45, 7) is 10.1. The largest absolute Gasteiger partial charge is 0.346 e. The lowest BCUT2D eigenvalue weighted by Gasteiger charge is -2.25. The SMILES string of the molecule is CC(C)CN(CC(C)C)c1nnc(NC(=O)Nc2cc(F)ccc2F)s1. The van der Waals surface area contributed by atoms with Crippen LogP contribution in [-0.4, -0.2) is 29.3 Å². The molecule has 2 rings (SSSR count). The Morgan fingerprint density at radius 3 is 2.38 bits per heavy atom. The molecule has 2 N–H and O–H groups in total. The summed E-state index contributed by atoms with van der Waals surface area (Å²) in [5, 5.41) is 13.8. The summed E-state index contributed by atoms with van der Waals surface area (Å²) in [5.74, 6) is -0.459. The summed E-state index contributed by atoms with van der Waals surface area (Å²) in [6.07, 6.45) is 0. The Hall–Kier alpha value is -2.29. The molecule has 6 nitrogen and oxygen atoms in total. The van der Waals surface area contributed by atoms with E-state index in [9.17, 15) is 13.6 Å². The van der Waals surface area contributed by atoms with Crippen LogP contribution < -0.4 is 15.5 Å². The third-order valence-electron chi connectivity index (χ3n) is 3.25. The van der Waals surface area contributed by atoms with E-state index in [-0.39, 0.29) is 10.8 Å². The highest BCUT2D eigenvalue weighted by Crippen LogP contribution is 2.26. The van der Waals surface area contributed by atoms with Crippen LogP contribution in [0.5, 0.6) is 0 Å². The first-order valence-corrected chi connectivity index (χ1v) is 9.17. The van der Waals surface area contributed by atoms with Crippen molar-refractivity contribution in [2.45, 2.75) is 27.7 Å². The van der Waals surface area contributed by atoms with Gasteiger partial charge in [-0.15, -0.1) is 10.2 Å². The normalized spacial score (nSPS) is 11.1. The van der Waals surface area contributed by atoms with Crippen molar-refractivity contribution in [3.05, 3.63) is 29.8 Å². The highest BCUT2D eigenvalue weighted by atomic mass is 32.1. The van der Waals surface area contributed by atoms with Crippen molar-refractivity contribution in [3.8, 4) is 0 Å². The van der Waals surface area contributed by atoms with E-state index in [2.05, 4.69) is 53.4 Å². The zero-order valence-corrected chi connectivity index (χ0v) is 16.0. The van der Waals surface area contributed by atoms with Crippen molar-refractivity contribution in [2.24, 2.45) is 11.8 Å². The van der Waals surface area contributed by atoms with E-state index in [0.717, 1.165) is 31.3 Å². The second-order valence-electron chi connectivity index (χ2n) is 6.79. The number of hydrogen-bond donors (Lipinski definition) is 2. The number of carbonyl (C=O) groups excluding carboxylic acids is 1. The summed E-state index contributed by atoms with van der Waals surface area (Å²) >= 11 is 1.24. The second kappa shape index (κ2) is 8.88. The molecule has 9 heteroatoms. The van der Waals surface area contributed by atoms with Crippen molar-refractivity contribution in [1.29, 1.82) is 0 Å². The standard InChI is InChI=1S/C17H23F2N5OS/c1-10(2)8-24(9-11(3)4)17-23-22-16(26-17)21-15(25)20-14-7-12(18)5-6-13(14)19/h5-7,10-11H,8-9H2,1-4H3,(H2,20,21,22,25). The maximum absolute atomic E-state index is 13.6. The van der Waals surface area contributed by atoms with Gasteiger partial charge in [-0.2, -0.15) is 0 Å². The number of carbonyl (C=O) groups is 1. The fraction of sp³-hybridized carbons (Fsp3) is 0.471. The molecule has 2 amide bonds. The number of hydrogen-bond acceptors (Lipinski definition) is 5. The molecule has 0 unspecified atom stereocenters. The molecule has 0 fully saturated rings. The van der Waals surface area contributed by atoms with Gasteiger partial charge in [0.2, 0.25) is 10.3 Å². The minimum atomic E-state index is -0.723. The average Bonchev–Trinajstić information content (AvgIpc) is 2.97. The highest BCUT2D eigenvalue weighted by Gasteiger charge is 2.17. The quantitative estimate of drug-likeness (QED) is 0.734. The van der Waals surface area contributed by atoms with Gasteiger partial charge in [-0.25, -0.2) is 13.6 Å². The Bertz CT molecular complexity index is 741. The molecule has 26 heavy (non-hydrogen) atoms. The van der Waals surface area contributed by atoms with Crippen molar-refractivity contribution in [2.75, 3.05) is 28.6 Å². The molecule has 0 saturated carbocycles. The zero-order chi connectivity index (χ0) is 19.3. The third-order valence-corrected chi connectivity index (χ3v) is 4.15. The molecule has 1 aromatic carbocycles. The number of halogens is 2. The Morgan fingerprint density at radius 2 is 1.77 bits per heavy atom. The van der Waals surface area contributed by atoms with E-state index in [1.165, 1.54) is 11.3 Å². The molecule has 0 radical (unpaired) electrons. The van der Waals surface area contributed by atoms with E-state index in [0.29, 0.717) is 17.0 Å². The highest BCUT2D eigenvalue weighted by molar-refractivity contribution is 7.19. The van der Waals surface area contributed by atoms with Crippen LogP contribution in [0.4, 0.5) is 29.5 Å². The lowest BCUT2D eigenvalue weighted by molar-refractivity contribution is 0.262. The Kier molecular flexibility index (Phi) is 6.84. The predicted molar refractivity (Wildman–Crippen MR) is 101 cm³/mol. The van der Waals surface area contributed by atoms with Crippen LogP contribution in [0.25, 0.3) is 0 Å². The topological polar surface area (TPSA) is 70.2 Å². The predicted octanol–water partition coefficient (Wildman–Crippen LogP) is 4.58. The first-order valence-electron chi connectivity index (χ1n) is 8.36. The minimum absolute atomic E-state index is 0.242. The maximum Gasteiger partial charge on any atom is 0.325 e. The van der Waals surface area contributed by atoms with Gasteiger partial charge in [0.05, 0.1) is 5.69 Å². The fourth-order valence-electron chi connectivity index (χ4n) is 2.35. The summed E-state index contributed by atoms with van der Waals surface area (Å²) in [7, 11) is 0. The van der Waals surface area contributed by atoms with Crippen LogP contribution in [0.15, 0.2) is 18.2 Å². The van der Waals surface area contributed by atoms with Gasteiger partial charge in [-0.05, 0) is 24.0 Å².